The van der Waals surface area contributed by atoms with E-state index in [4.69, 9.17) is 9.57 Å². The maximum Gasteiger partial charge on any atom is 0.307 e. The van der Waals surface area contributed by atoms with Crippen LogP contribution in [0.3, 0.4) is 0 Å². The number of nitrogens with one attached hydrogen (secondary N) is 1. The molecule has 0 heterocycles. The molecule has 31 heavy (non-hydrogen) atoms. The number of hydrogen-bond acceptors (Lipinski definition) is 5. The minimum Gasteiger partial charge on any atom is -0.430 e. The number of benzene rings is 1. The van der Waals surface area contributed by atoms with E-state index in [0.29, 0.717) is 36.5 Å². The van der Waals surface area contributed by atoms with E-state index in [1.54, 1.807) is 0 Å². The van der Waals surface area contributed by atoms with Crippen molar-refractivity contribution in [2.75, 3.05) is 6.61 Å². The number of rotatable bonds is 7. The first-order chi connectivity index (χ1) is 14.8. The number of carbonyl (C=O) groups is 2. The van der Waals surface area contributed by atoms with Crippen LogP contribution in [-0.4, -0.2) is 18.4 Å². The molecule has 168 valence electrons. The van der Waals surface area contributed by atoms with Crippen LogP contribution in [0.25, 0.3) is 0 Å². The highest BCUT2D eigenvalue weighted by Crippen LogP contribution is 2.44. The molecule has 1 N–H and O–H groups in total. The molecular formula is C26H35NO4. The summed E-state index contributed by atoms with van der Waals surface area (Å²) < 4.78 is 5.63. The van der Waals surface area contributed by atoms with Crippen molar-refractivity contribution in [3.63, 3.8) is 0 Å². The zero-order chi connectivity index (χ0) is 22.7. The molecule has 0 amide bonds. The fourth-order valence-electron chi connectivity index (χ4n) is 5.14. The van der Waals surface area contributed by atoms with Crippen LogP contribution in [0.1, 0.15) is 85.8 Å². The van der Waals surface area contributed by atoms with E-state index in [1.807, 2.05) is 19.9 Å². The van der Waals surface area contributed by atoms with E-state index >= 15 is 0 Å². The topological polar surface area (TPSA) is 64.6 Å². The van der Waals surface area contributed by atoms with E-state index in [9.17, 15) is 9.59 Å². The largest absolute Gasteiger partial charge is 0.430 e. The minimum absolute atomic E-state index is 0.0104. The molecule has 1 atom stereocenters. The van der Waals surface area contributed by atoms with Gasteiger partial charge in [0.05, 0.1) is 17.9 Å². The van der Waals surface area contributed by atoms with Crippen LogP contribution in [0, 0.1) is 20.8 Å². The van der Waals surface area contributed by atoms with Gasteiger partial charge in [0.2, 0.25) is 0 Å². The number of esters is 1. The van der Waals surface area contributed by atoms with Crippen molar-refractivity contribution in [1.29, 1.82) is 0 Å². The Morgan fingerprint density at radius 3 is 2.42 bits per heavy atom. The molecule has 0 spiro atoms. The molecule has 5 heteroatoms. The highest BCUT2D eigenvalue weighted by molar-refractivity contribution is 6.01. The molecule has 1 unspecified atom stereocenters. The van der Waals surface area contributed by atoms with Crippen molar-refractivity contribution >= 4 is 11.8 Å². The Balaban J connectivity index is 2.10. The second-order valence-corrected chi connectivity index (χ2v) is 8.58. The number of hydrogen-bond donors (Lipinski definition) is 1. The molecule has 0 saturated carbocycles. The van der Waals surface area contributed by atoms with Gasteiger partial charge in [-0.1, -0.05) is 13.0 Å². The number of allylic oxidation sites excluding steroid dienone is 3. The van der Waals surface area contributed by atoms with Gasteiger partial charge in [0.15, 0.2) is 5.78 Å². The van der Waals surface area contributed by atoms with E-state index < -0.39 is 5.97 Å². The van der Waals surface area contributed by atoms with E-state index in [-0.39, 0.29) is 11.7 Å². The van der Waals surface area contributed by atoms with Crippen molar-refractivity contribution in [3.05, 3.63) is 56.5 Å². The lowest BCUT2D eigenvalue weighted by atomic mass is 9.76. The summed E-state index contributed by atoms with van der Waals surface area (Å²) in [5.74, 6) is 0.0516. The predicted octanol–water partition coefficient (Wildman–Crippen LogP) is 5.20. The monoisotopic (exact) mass is 425 g/mol. The van der Waals surface area contributed by atoms with Crippen molar-refractivity contribution in [3.8, 4) is 0 Å². The molecule has 0 radical (unpaired) electrons. The van der Waals surface area contributed by atoms with Gasteiger partial charge >= 0.3 is 5.97 Å². The zero-order valence-corrected chi connectivity index (χ0v) is 19.7. The summed E-state index contributed by atoms with van der Waals surface area (Å²) in [4.78, 5) is 30.7. The third kappa shape index (κ3) is 4.62. The van der Waals surface area contributed by atoms with E-state index in [2.05, 4.69) is 26.3 Å². The Kier molecular flexibility index (Phi) is 7.37. The normalized spacial score (nSPS) is 19.0. The fraction of sp³-hybridized carbons (Fsp3) is 0.538. The van der Waals surface area contributed by atoms with Gasteiger partial charge < -0.3 is 4.74 Å². The van der Waals surface area contributed by atoms with Crippen LogP contribution in [-0.2, 0) is 32.0 Å². The zero-order valence-electron chi connectivity index (χ0n) is 19.7. The Morgan fingerprint density at radius 1 is 1.06 bits per heavy atom. The smallest absolute Gasteiger partial charge is 0.307 e. The van der Waals surface area contributed by atoms with E-state index in [1.165, 1.54) is 40.3 Å². The van der Waals surface area contributed by atoms with E-state index in [0.717, 1.165) is 25.7 Å². The van der Waals surface area contributed by atoms with Gasteiger partial charge in [-0.2, -0.15) is 0 Å². The molecular weight excluding hydrogens is 390 g/mol. The number of ether oxygens (including phenoxy) is 1. The molecule has 0 saturated heterocycles. The summed E-state index contributed by atoms with van der Waals surface area (Å²) in [5.41, 5.74) is 12.1. The summed E-state index contributed by atoms with van der Waals surface area (Å²) in [6.45, 7) is 12.3. The Labute approximate surface area is 185 Å². The molecule has 1 aromatic carbocycles. The molecule has 0 bridgehead atoms. The summed E-state index contributed by atoms with van der Waals surface area (Å²) in [7, 11) is 0. The van der Waals surface area contributed by atoms with Crippen LogP contribution < -0.4 is 5.48 Å². The molecule has 0 aliphatic heterocycles. The summed E-state index contributed by atoms with van der Waals surface area (Å²) in [6.07, 6.45) is 6.90. The lowest BCUT2D eigenvalue weighted by Crippen LogP contribution is -2.28. The van der Waals surface area contributed by atoms with Gasteiger partial charge in [0.25, 0.3) is 0 Å². The first kappa shape index (κ1) is 23.3. The first-order valence-electron chi connectivity index (χ1n) is 11.4. The van der Waals surface area contributed by atoms with Crippen molar-refractivity contribution < 1.29 is 19.2 Å². The minimum atomic E-state index is -0.407. The van der Waals surface area contributed by atoms with Gasteiger partial charge in [0, 0.05) is 19.8 Å². The second kappa shape index (κ2) is 9.82. The van der Waals surface area contributed by atoms with Crippen LogP contribution in [0.4, 0.5) is 0 Å². The average molecular weight is 426 g/mol. The lowest BCUT2D eigenvalue weighted by Gasteiger charge is -2.30. The van der Waals surface area contributed by atoms with Gasteiger partial charge in [-0.25, -0.2) is 0 Å². The van der Waals surface area contributed by atoms with Crippen molar-refractivity contribution in [2.24, 2.45) is 0 Å². The molecule has 3 rings (SSSR count). The number of ketones is 1. The van der Waals surface area contributed by atoms with Crippen LogP contribution >= 0.6 is 0 Å². The molecule has 1 aromatic rings. The maximum atomic E-state index is 13.4. The third-order valence-corrected chi connectivity index (χ3v) is 6.63. The van der Waals surface area contributed by atoms with Crippen molar-refractivity contribution in [1.82, 2.24) is 5.48 Å². The van der Waals surface area contributed by atoms with Gasteiger partial charge in [-0.15, -0.1) is 0 Å². The van der Waals surface area contributed by atoms with Crippen LogP contribution in [0.2, 0.25) is 0 Å². The van der Waals surface area contributed by atoms with Crippen molar-refractivity contribution in [2.45, 2.75) is 86.0 Å². The SMILES string of the molecule is CCC=C(NOCC)C1=C(OC(C)=O)CC(c2c(C)c(C)c(C)c3c2CCC3)CC1=O. The number of hydroxylamine groups is 1. The molecule has 2 aliphatic rings. The Morgan fingerprint density at radius 2 is 1.77 bits per heavy atom. The molecule has 2 aliphatic carbocycles. The fourth-order valence-corrected chi connectivity index (χ4v) is 5.14. The Hall–Kier alpha value is -2.40. The van der Waals surface area contributed by atoms with Gasteiger partial charge in [-0.3, -0.25) is 19.9 Å². The summed E-state index contributed by atoms with van der Waals surface area (Å²) in [5, 5.41) is 0. The maximum absolute atomic E-state index is 13.4. The lowest BCUT2D eigenvalue weighted by molar-refractivity contribution is -0.137. The average Bonchev–Trinajstić information content (AvgIpc) is 3.19. The third-order valence-electron chi connectivity index (χ3n) is 6.63. The molecule has 0 fully saturated rings. The van der Waals surface area contributed by atoms with Crippen LogP contribution in [0.5, 0.6) is 0 Å². The molecule has 5 nitrogen and oxygen atoms in total. The highest BCUT2D eigenvalue weighted by Gasteiger charge is 2.36. The van der Waals surface area contributed by atoms with Gasteiger partial charge in [-0.05, 0) is 92.7 Å². The number of fused-ring (bicyclic) bond motifs is 1. The summed E-state index contributed by atoms with van der Waals surface area (Å²) >= 11 is 0. The Bertz CT molecular complexity index is 955. The summed E-state index contributed by atoms with van der Waals surface area (Å²) in [6, 6.07) is 0. The van der Waals surface area contributed by atoms with Gasteiger partial charge in [0.1, 0.15) is 5.76 Å². The molecule has 0 aromatic heterocycles. The standard InChI is InChI=1S/C26H35NO4/c1-7-10-22(27-30-8-2)26-23(29)13-19(14-24(26)31-18(6)28)25-17(5)15(3)16(4)20-11-9-12-21(20)25/h10,19,27H,7-9,11-14H2,1-6H3. The number of carbonyl (C=O) groups excluding carboxylic acids is 2. The first-order valence-corrected chi connectivity index (χ1v) is 11.4. The second-order valence-electron chi connectivity index (χ2n) is 8.58. The number of Topliss-reactive ketones (excluding diaryl/α,β-unsaturated/α-hetero) is 1. The predicted molar refractivity (Wildman–Crippen MR) is 122 cm³/mol. The van der Waals surface area contributed by atoms with Crippen LogP contribution in [0.15, 0.2) is 23.1 Å². The quantitative estimate of drug-likeness (QED) is 0.480. The highest BCUT2D eigenvalue weighted by atomic mass is 16.6.